The van der Waals surface area contributed by atoms with E-state index in [4.69, 9.17) is 23.2 Å². The van der Waals surface area contributed by atoms with Gasteiger partial charge in [-0.1, -0.05) is 23.2 Å². The summed E-state index contributed by atoms with van der Waals surface area (Å²) in [5, 5.41) is 0.642. The van der Waals surface area contributed by atoms with Gasteiger partial charge in [-0.15, -0.1) is 0 Å². The molecule has 0 aromatic rings. The average Bonchev–Trinajstić information content (AvgIpc) is 2.31. The number of piperazine rings is 1. The third-order valence-corrected chi connectivity index (χ3v) is 3.14. The summed E-state index contributed by atoms with van der Waals surface area (Å²) in [5.41, 5.74) is 1.39. The first-order chi connectivity index (χ1) is 7.65. The highest BCUT2D eigenvalue weighted by atomic mass is 35.5. The molecule has 1 fully saturated rings. The molecule has 1 heterocycles. The van der Waals surface area contributed by atoms with Gasteiger partial charge in [0.25, 0.3) is 0 Å². The lowest BCUT2D eigenvalue weighted by Gasteiger charge is -2.33. The van der Waals surface area contributed by atoms with E-state index < -0.39 is 0 Å². The number of hydrogen-bond donors (Lipinski definition) is 0. The molecule has 0 aromatic carbocycles. The molecule has 0 amide bonds. The van der Waals surface area contributed by atoms with Gasteiger partial charge >= 0.3 is 5.97 Å². The lowest BCUT2D eigenvalue weighted by Crippen LogP contribution is -2.48. The van der Waals surface area contributed by atoms with Crippen LogP contribution < -0.4 is 0 Å². The highest BCUT2D eigenvalue weighted by molar-refractivity contribution is 6.36. The van der Waals surface area contributed by atoms with Crippen LogP contribution in [-0.2, 0) is 9.53 Å². The van der Waals surface area contributed by atoms with E-state index in [9.17, 15) is 4.79 Å². The van der Waals surface area contributed by atoms with Crippen LogP contribution in [0.1, 0.15) is 0 Å². The van der Waals surface area contributed by atoms with Crippen LogP contribution in [0.4, 0.5) is 0 Å². The minimum atomic E-state index is -0.188. The molecule has 0 aliphatic carbocycles. The monoisotopic (exact) mass is 266 g/mol. The van der Waals surface area contributed by atoms with Gasteiger partial charge in [0.2, 0.25) is 0 Å². The molecule has 0 atom stereocenters. The molecule has 0 aromatic heterocycles. The molecule has 0 bridgehead atoms. The second kappa shape index (κ2) is 7.12. The number of rotatable bonds is 4. The molecule has 6 heteroatoms. The molecule has 1 rings (SSSR count). The van der Waals surface area contributed by atoms with E-state index in [1.54, 1.807) is 0 Å². The van der Waals surface area contributed by atoms with Gasteiger partial charge in [0, 0.05) is 43.3 Å². The predicted octanol–water partition coefficient (Wildman–Crippen LogP) is 1.10. The average molecular weight is 267 g/mol. The van der Waals surface area contributed by atoms with Gasteiger partial charge in [-0.25, -0.2) is 0 Å². The molecule has 0 unspecified atom stereocenters. The summed E-state index contributed by atoms with van der Waals surface area (Å²) in [7, 11) is 1.41. The molecular weight excluding hydrogens is 251 g/mol. The molecule has 92 valence electrons. The third kappa shape index (κ3) is 4.70. The molecule has 0 saturated carbocycles. The van der Waals surface area contributed by atoms with Crippen LogP contribution in [0.15, 0.2) is 10.6 Å². The Kier molecular flexibility index (Phi) is 6.13. The van der Waals surface area contributed by atoms with Crippen molar-refractivity contribution in [2.75, 3.05) is 46.4 Å². The smallest absolute Gasteiger partial charge is 0.319 e. The number of hydrogen-bond acceptors (Lipinski definition) is 4. The number of esters is 1. The van der Waals surface area contributed by atoms with Crippen LogP contribution in [-0.4, -0.2) is 62.1 Å². The molecule has 1 saturated heterocycles. The first-order valence-electron chi connectivity index (χ1n) is 5.12. The topological polar surface area (TPSA) is 32.8 Å². The molecule has 0 N–H and O–H groups in total. The van der Waals surface area contributed by atoms with E-state index >= 15 is 0 Å². The van der Waals surface area contributed by atoms with Crippen LogP contribution in [0.2, 0.25) is 0 Å². The fraction of sp³-hybridized carbons (Fsp3) is 0.700. The van der Waals surface area contributed by atoms with E-state index in [1.165, 1.54) is 12.6 Å². The zero-order valence-corrected chi connectivity index (χ0v) is 10.8. The Morgan fingerprint density at radius 3 is 2.19 bits per heavy atom. The van der Waals surface area contributed by atoms with Crippen LogP contribution in [0.25, 0.3) is 0 Å². The van der Waals surface area contributed by atoms with Crippen molar-refractivity contribution < 1.29 is 9.53 Å². The fourth-order valence-electron chi connectivity index (χ4n) is 1.60. The quantitative estimate of drug-likeness (QED) is 0.714. The second-order valence-corrected chi connectivity index (χ2v) is 4.39. The van der Waals surface area contributed by atoms with Gasteiger partial charge in [0.1, 0.15) is 0 Å². The normalized spacial score (nSPS) is 19.8. The van der Waals surface area contributed by atoms with Gasteiger partial charge in [-0.3, -0.25) is 14.6 Å². The SMILES string of the molecule is COC(=O)CN1CCN(CC(Cl)=CCl)CC1. The highest BCUT2D eigenvalue weighted by Gasteiger charge is 2.19. The van der Waals surface area contributed by atoms with Crippen molar-refractivity contribution in [3.63, 3.8) is 0 Å². The van der Waals surface area contributed by atoms with E-state index in [-0.39, 0.29) is 5.97 Å². The zero-order valence-electron chi connectivity index (χ0n) is 9.29. The van der Waals surface area contributed by atoms with Crippen molar-refractivity contribution in [1.29, 1.82) is 0 Å². The van der Waals surface area contributed by atoms with Crippen LogP contribution >= 0.6 is 23.2 Å². The Hall–Kier alpha value is -0.290. The second-order valence-electron chi connectivity index (χ2n) is 3.68. The molecular formula is C10H16Cl2N2O2. The van der Waals surface area contributed by atoms with Crippen LogP contribution in [0, 0.1) is 0 Å². The van der Waals surface area contributed by atoms with Crippen molar-refractivity contribution in [3.05, 3.63) is 10.6 Å². The summed E-state index contributed by atoms with van der Waals surface area (Å²) >= 11 is 11.3. The third-order valence-electron chi connectivity index (χ3n) is 2.54. The number of carbonyl (C=O) groups excluding carboxylic acids is 1. The van der Waals surface area contributed by atoms with Crippen LogP contribution in [0.5, 0.6) is 0 Å². The summed E-state index contributed by atoms with van der Waals surface area (Å²) in [6.07, 6.45) is 0. The van der Waals surface area contributed by atoms with Crippen molar-refractivity contribution >= 4 is 29.2 Å². The molecule has 0 spiro atoms. The van der Waals surface area contributed by atoms with Crippen molar-refractivity contribution in [2.24, 2.45) is 0 Å². The standard InChI is InChI=1S/C10H16Cl2N2O2/c1-16-10(15)8-14-4-2-13(3-5-14)7-9(12)6-11/h6H,2-5,7-8H2,1H3. The fourth-order valence-corrected chi connectivity index (χ4v) is 1.84. The van der Waals surface area contributed by atoms with E-state index in [0.717, 1.165) is 26.2 Å². The number of carbonyl (C=O) groups is 1. The summed E-state index contributed by atoms with van der Waals surface area (Å²) in [4.78, 5) is 15.3. The Morgan fingerprint density at radius 1 is 1.25 bits per heavy atom. The van der Waals surface area contributed by atoms with Gasteiger partial charge in [-0.2, -0.15) is 0 Å². The lowest BCUT2D eigenvalue weighted by molar-refractivity contribution is -0.142. The van der Waals surface area contributed by atoms with Gasteiger partial charge in [0.05, 0.1) is 13.7 Å². The minimum Gasteiger partial charge on any atom is -0.468 e. The van der Waals surface area contributed by atoms with E-state index in [1.807, 2.05) is 0 Å². The minimum absolute atomic E-state index is 0.188. The zero-order chi connectivity index (χ0) is 12.0. The molecule has 0 radical (unpaired) electrons. The van der Waals surface area contributed by atoms with Gasteiger partial charge < -0.3 is 4.74 Å². The summed E-state index contributed by atoms with van der Waals surface area (Å²) in [6, 6.07) is 0. The molecule has 1 aliphatic heterocycles. The van der Waals surface area contributed by atoms with Gasteiger partial charge in [-0.05, 0) is 0 Å². The maximum absolute atomic E-state index is 11.1. The lowest BCUT2D eigenvalue weighted by atomic mass is 10.3. The summed E-state index contributed by atoms with van der Waals surface area (Å²) in [6.45, 7) is 4.51. The maximum Gasteiger partial charge on any atom is 0.319 e. The summed E-state index contributed by atoms with van der Waals surface area (Å²) in [5.74, 6) is -0.188. The molecule has 4 nitrogen and oxygen atoms in total. The molecule has 1 aliphatic rings. The van der Waals surface area contributed by atoms with Gasteiger partial charge in [0.15, 0.2) is 0 Å². The number of methoxy groups -OCH3 is 1. The predicted molar refractivity (Wildman–Crippen MR) is 64.7 cm³/mol. The van der Waals surface area contributed by atoms with Crippen molar-refractivity contribution in [2.45, 2.75) is 0 Å². The first kappa shape index (κ1) is 13.8. The summed E-state index contributed by atoms with van der Waals surface area (Å²) < 4.78 is 4.62. The maximum atomic E-state index is 11.1. The number of halogens is 2. The highest BCUT2D eigenvalue weighted by Crippen LogP contribution is 2.09. The number of ether oxygens (including phenoxy) is 1. The Balaban J connectivity index is 2.26. The van der Waals surface area contributed by atoms with Crippen molar-refractivity contribution in [3.8, 4) is 0 Å². The number of nitrogens with zero attached hydrogens (tertiary/aromatic N) is 2. The van der Waals surface area contributed by atoms with E-state index in [0.29, 0.717) is 18.1 Å². The largest absolute Gasteiger partial charge is 0.468 e. The van der Waals surface area contributed by atoms with Crippen molar-refractivity contribution in [1.82, 2.24) is 9.80 Å². The van der Waals surface area contributed by atoms with Crippen LogP contribution in [0.3, 0.4) is 0 Å². The molecule has 16 heavy (non-hydrogen) atoms. The Morgan fingerprint density at radius 2 is 1.75 bits per heavy atom. The van der Waals surface area contributed by atoms with E-state index in [2.05, 4.69) is 14.5 Å². The Bertz CT molecular complexity index is 264. The Labute approximate surface area is 106 Å². The first-order valence-corrected chi connectivity index (χ1v) is 5.93.